The van der Waals surface area contributed by atoms with Crippen molar-refractivity contribution in [2.75, 3.05) is 19.6 Å². The Balaban J connectivity index is 0.882. The molecule has 254 valence electrons. The van der Waals surface area contributed by atoms with E-state index < -0.39 is 0 Å². The number of nitrogens with two attached hydrogens (primary N) is 1. The van der Waals surface area contributed by atoms with Gasteiger partial charge in [0.1, 0.15) is 11.6 Å². The number of aryl methyl sites for hydroxylation is 1. The summed E-state index contributed by atoms with van der Waals surface area (Å²) in [5.74, 6) is 2.34. The van der Waals surface area contributed by atoms with Crippen LogP contribution < -0.4 is 11.3 Å². The molecule has 5 heterocycles. The van der Waals surface area contributed by atoms with Crippen molar-refractivity contribution in [3.63, 3.8) is 0 Å². The van der Waals surface area contributed by atoms with E-state index >= 15 is 0 Å². The first-order valence-electron chi connectivity index (χ1n) is 18.1. The van der Waals surface area contributed by atoms with Crippen LogP contribution in [0.15, 0.2) is 69.4 Å². The average Bonchev–Trinajstić information content (AvgIpc) is 3.67. The van der Waals surface area contributed by atoms with Crippen molar-refractivity contribution in [1.29, 1.82) is 0 Å². The summed E-state index contributed by atoms with van der Waals surface area (Å²) in [5, 5.41) is 0.643. The van der Waals surface area contributed by atoms with Crippen LogP contribution in [0.4, 0.5) is 0 Å². The molecule has 1 spiro atoms. The molecule has 9 heteroatoms. The molecule has 5 aromatic rings. The van der Waals surface area contributed by atoms with Crippen LogP contribution in [0.25, 0.3) is 27.2 Å². The first-order chi connectivity index (χ1) is 23.9. The largest absolute Gasteiger partial charge is 0.324 e. The lowest BCUT2D eigenvalue weighted by molar-refractivity contribution is 0.206. The second kappa shape index (κ2) is 13.8. The van der Waals surface area contributed by atoms with Gasteiger partial charge in [0, 0.05) is 27.7 Å². The number of piperidine rings is 1. The first-order valence-corrected chi connectivity index (χ1v) is 19.8. The van der Waals surface area contributed by atoms with Crippen molar-refractivity contribution in [3.05, 3.63) is 103 Å². The third-order valence-electron chi connectivity index (χ3n) is 11.5. The van der Waals surface area contributed by atoms with E-state index in [0.717, 1.165) is 98.3 Å². The number of pyridine rings is 1. The second-order valence-electron chi connectivity index (χ2n) is 14.4. The maximum atomic E-state index is 13.3. The molecule has 8 rings (SSSR count). The smallest absolute Gasteiger partial charge is 0.281 e. The van der Waals surface area contributed by atoms with Gasteiger partial charge in [0.25, 0.3) is 5.56 Å². The van der Waals surface area contributed by atoms with E-state index in [1.54, 1.807) is 11.3 Å². The van der Waals surface area contributed by atoms with E-state index in [1.165, 1.54) is 46.5 Å². The fraction of sp³-hybridized carbons (Fsp3) is 0.450. The van der Waals surface area contributed by atoms with Crippen LogP contribution in [0.3, 0.4) is 0 Å². The van der Waals surface area contributed by atoms with Gasteiger partial charge in [-0.15, -0.1) is 11.3 Å². The fourth-order valence-corrected chi connectivity index (χ4v) is 10.1. The van der Waals surface area contributed by atoms with Gasteiger partial charge in [0.15, 0.2) is 0 Å². The number of aromatic nitrogens is 4. The summed E-state index contributed by atoms with van der Waals surface area (Å²) in [6, 6.07) is 19.5. The van der Waals surface area contributed by atoms with Crippen LogP contribution in [0.2, 0.25) is 0 Å². The van der Waals surface area contributed by atoms with Crippen LogP contribution in [0.1, 0.15) is 111 Å². The van der Waals surface area contributed by atoms with Crippen molar-refractivity contribution >= 4 is 38.2 Å². The molecule has 3 aromatic heterocycles. The predicted octanol–water partition coefficient (Wildman–Crippen LogP) is 8.98. The standard InChI is InChI=1S/C40H45BrN6OS/c1-26-36(49-25-43-26)29-14-12-27(13-15-29)32(42)10-4-2-7-22-46-23-18-28(19-24-46)33-17-16-30-37(44-33)47-34-11-8-9-31(41)35(34)38(48)45-39(47)40(30)20-5-3-6-21-40/h8-9,11-17,25,28,32H,2-7,10,18-24,42H2,1H3/t32-/m0/s1. The molecule has 3 aliphatic rings. The minimum absolute atomic E-state index is 0.0861. The Labute approximate surface area is 301 Å². The number of hydrogen-bond donors (Lipinski definition) is 1. The SMILES string of the molecule is Cc1ncsc1-c1ccc([C@@H](N)CCCCCN2CCC(c3ccc4c(n3)-n3c(nc(=O)c5c(Br)cccc53)C43CCCCC3)CC2)cc1. The number of benzene rings is 2. The summed E-state index contributed by atoms with van der Waals surface area (Å²) >= 11 is 5.32. The summed E-state index contributed by atoms with van der Waals surface area (Å²) in [6.45, 7) is 5.43. The number of unbranched alkanes of at least 4 members (excludes halogenated alkanes) is 2. The van der Waals surface area contributed by atoms with Gasteiger partial charge >= 0.3 is 0 Å². The zero-order valence-electron chi connectivity index (χ0n) is 28.3. The molecule has 1 saturated carbocycles. The summed E-state index contributed by atoms with van der Waals surface area (Å²) in [4.78, 5) is 31.8. The molecule has 0 radical (unpaired) electrons. The molecule has 1 atom stereocenters. The second-order valence-corrected chi connectivity index (χ2v) is 16.1. The Morgan fingerprint density at radius 2 is 1.78 bits per heavy atom. The third kappa shape index (κ3) is 6.11. The van der Waals surface area contributed by atoms with Crippen LogP contribution in [0.5, 0.6) is 0 Å². The van der Waals surface area contributed by atoms with E-state index in [4.69, 9.17) is 15.7 Å². The topological polar surface area (TPSA) is 89.9 Å². The maximum absolute atomic E-state index is 13.3. The monoisotopic (exact) mass is 736 g/mol. The molecule has 7 nitrogen and oxygen atoms in total. The molecule has 0 amide bonds. The zero-order valence-corrected chi connectivity index (χ0v) is 30.7. The summed E-state index contributed by atoms with van der Waals surface area (Å²) in [5.41, 5.74) is 15.0. The number of nitrogens with zero attached hydrogens (tertiary/aromatic N) is 5. The summed E-state index contributed by atoms with van der Waals surface area (Å²) in [6.07, 6.45) is 12.4. The molecule has 1 saturated heterocycles. The highest BCUT2D eigenvalue weighted by Crippen LogP contribution is 2.51. The number of halogens is 1. The highest BCUT2D eigenvalue weighted by Gasteiger charge is 2.47. The van der Waals surface area contributed by atoms with Crippen molar-refractivity contribution in [2.24, 2.45) is 5.73 Å². The quantitative estimate of drug-likeness (QED) is 0.152. The molecule has 1 aliphatic carbocycles. The van der Waals surface area contributed by atoms with E-state index in [9.17, 15) is 4.79 Å². The Morgan fingerprint density at radius 3 is 2.53 bits per heavy atom. The Morgan fingerprint density at radius 1 is 0.980 bits per heavy atom. The van der Waals surface area contributed by atoms with E-state index in [2.05, 4.69) is 79.8 Å². The van der Waals surface area contributed by atoms with Gasteiger partial charge in [-0.2, -0.15) is 4.98 Å². The Bertz CT molecular complexity index is 2020. The highest BCUT2D eigenvalue weighted by atomic mass is 79.9. The summed E-state index contributed by atoms with van der Waals surface area (Å²) in [7, 11) is 0. The predicted molar refractivity (Wildman–Crippen MR) is 203 cm³/mol. The maximum Gasteiger partial charge on any atom is 0.281 e. The van der Waals surface area contributed by atoms with Gasteiger partial charge in [-0.25, -0.2) is 9.97 Å². The van der Waals surface area contributed by atoms with Crippen molar-refractivity contribution < 1.29 is 0 Å². The van der Waals surface area contributed by atoms with E-state index in [1.807, 2.05) is 17.6 Å². The molecule has 49 heavy (non-hydrogen) atoms. The third-order valence-corrected chi connectivity index (χ3v) is 13.1. The summed E-state index contributed by atoms with van der Waals surface area (Å²) < 4.78 is 3.02. The minimum Gasteiger partial charge on any atom is -0.324 e. The van der Waals surface area contributed by atoms with Crippen LogP contribution in [0, 0.1) is 6.92 Å². The molecule has 2 N–H and O–H groups in total. The normalized spacial score (nSPS) is 18.2. The van der Waals surface area contributed by atoms with Crippen LogP contribution >= 0.6 is 27.3 Å². The Hall–Kier alpha value is -3.24. The fourth-order valence-electron chi connectivity index (χ4n) is 8.72. The van der Waals surface area contributed by atoms with Gasteiger partial charge in [0.05, 0.1) is 32.4 Å². The van der Waals surface area contributed by atoms with Gasteiger partial charge in [-0.05, 0) is 110 Å². The molecular formula is C40H45BrN6OS. The Kier molecular flexibility index (Phi) is 9.29. The lowest BCUT2D eigenvalue weighted by atomic mass is 9.70. The molecule has 0 unspecified atom stereocenters. The van der Waals surface area contributed by atoms with Crippen molar-refractivity contribution in [3.8, 4) is 16.3 Å². The van der Waals surface area contributed by atoms with Gasteiger partial charge < -0.3 is 10.6 Å². The van der Waals surface area contributed by atoms with Gasteiger partial charge in [-0.3, -0.25) is 9.36 Å². The first kappa shape index (κ1) is 32.9. The highest BCUT2D eigenvalue weighted by molar-refractivity contribution is 9.10. The number of likely N-dealkylation sites (tertiary alicyclic amines) is 1. The lowest BCUT2D eigenvalue weighted by Crippen LogP contribution is -2.34. The molecule has 0 bridgehead atoms. The number of hydrogen-bond acceptors (Lipinski definition) is 7. The number of thiazole rings is 1. The number of fused-ring (bicyclic) bond motifs is 7. The average molecular weight is 738 g/mol. The van der Waals surface area contributed by atoms with Crippen molar-refractivity contribution in [2.45, 2.75) is 94.9 Å². The molecular weight excluding hydrogens is 692 g/mol. The van der Waals surface area contributed by atoms with E-state index in [0.29, 0.717) is 11.3 Å². The zero-order chi connectivity index (χ0) is 33.5. The van der Waals surface area contributed by atoms with Crippen LogP contribution in [-0.2, 0) is 5.41 Å². The van der Waals surface area contributed by atoms with Crippen LogP contribution in [-0.4, -0.2) is 44.1 Å². The van der Waals surface area contributed by atoms with Gasteiger partial charge in [-0.1, -0.05) is 68.5 Å². The minimum atomic E-state index is -0.214. The van der Waals surface area contributed by atoms with Crippen molar-refractivity contribution in [1.82, 2.24) is 24.4 Å². The molecule has 2 fully saturated rings. The molecule has 2 aromatic carbocycles. The van der Waals surface area contributed by atoms with Gasteiger partial charge in [0.2, 0.25) is 0 Å². The van der Waals surface area contributed by atoms with E-state index in [-0.39, 0.29) is 17.0 Å². The lowest BCUT2D eigenvalue weighted by Gasteiger charge is -2.34. The number of rotatable bonds is 9. The molecule has 2 aliphatic heterocycles.